The summed E-state index contributed by atoms with van der Waals surface area (Å²) in [6.45, 7) is 3.56. The lowest BCUT2D eigenvalue weighted by molar-refractivity contribution is -0.130. The van der Waals surface area contributed by atoms with Crippen LogP contribution in [0.2, 0.25) is 0 Å². The Bertz CT molecular complexity index is 949. The number of hydrogen-bond donors (Lipinski definition) is 2. The van der Waals surface area contributed by atoms with E-state index in [0.29, 0.717) is 5.75 Å². The maximum Gasteiger partial charge on any atom is 0.276 e. The first-order chi connectivity index (χ1) is 12.5. The third-order valence-corrected chi connectivity index (χ3v) is 3.83. The number of hydrazine groups is 1. The molecule has 0 aliphatic heterocycles. The van der Waals surface area contributed by atoms with Crippen molar-refractivity contribution >= 4 is 22.6 Å². The fourth-order valence-electron chi connectivity index (χ4n) is 2.59. The van der Waals surface area contributed by atoms with Crippen LogP contribution < -0.4 is 15.6 Å². The topological polar surface area (TPSA) is 85.2 Å². The largest absolute Gasteiger partial charge is 0.484 e. The van der Waals surface area contributed by atoms with Crippen LogP contribution in [0, 0.1) is 13.8 Å². The van der Waals surface area contributed by atoms with Crippen LogP contribution in [-0.4, -0.2) is 28.2 Å². The van der Waals surface area contributed by atoms with E-state index in [0.717, 1.165) is 22.2 Å². The van der Waals surface area contributed by atoms with Gasteiger partial charge in [0, 0.05) is 5.69 Å². The molecule has 134 valence electrons. The van der Waals surface area contributed by atoms with Gasteiger partial charge in [-0.15, -0.1) is 0 Å². The van der Waals surface area contributed by atoms with Crippen LogP contribution in [0.15, 0.2) is 48.5 Å². The molecule has 7 heteroatoms. The Balaban J connectivity index is 1.46. The van der Waals surface area contributed by atoms with Crippen molar-refractivity contribution < 1.29 is 14.3 Å². The Hall–Kier alpha value is -3.35. The molecule has 3 aromatic rings. The molecule has 0 unspecified atom stereocenters. The zero-order valence-electron chi connectivity index (χ0n) is 14.7. The predicted molar refractivity (Wildman–Crippen MR) is 97.4 cm³/mol. The van der Waals surface area contributed by atoms with E-state index in [1.807, 2.05) is 56.3 Å². The number of rotatable bonds is 5. The second-order valence-corrected chi connectivity index (χ2v) is 5.98. The normalized spacial score (nSPS) is 10.5. The van der Waals surface area contributed by atoms with Crippen LogP contribution in [0.5, 0.6) is 5.75 Å². The van der Waals surface area contributed by atoms with Crippen LogP contribution >= 0.6 is 0 Å². The zero-order valence-corrected chi connectivity index (χ0v) is 14.7. The van der Waals surface area contributed by atoms with Gasteiger partial charge in [-0.25, -0.2) is 0 Å². The number of nitrogens with zero attached hydrogens (tertiary/aromatic N) is 2. The number of aromatic nitrogens is 2. The van der Waals surface area contributed by atoms with Crippen molar-refractivity contribution in [1.29, 1.82) is 0 Å². The van der Waals surface area contributed by atoms with Crippen LogP contribution in [0.1, 0.15) is 11.4 Å². The number of aryl methyl sites for hydroxylation is 2. The van der Waals surface area contributed by atoms with E-state index in [9.17, 15) is 9.59 Å². The number of hydrogen-bond acceptors (Lipinski definition) is 4. The van der Waals surface area contributed by atoms with Crippen molar-refractivity contribution in [2.45, 2.75) is 20.4 Å². The van der Waals surface area contributed by atoms with Crippen LogP contribution in [0.4, 0.5) is 0 Å². The summed E-state index contributed by atoms with van der Waals surface area (Å²) in [6, 6.07) is 15.4. The molecule has 0 radical (unpaired) electrons. The van der Waals surface area contributed by atoms with Crippen molar-refractivity contribution in [1.82, 2.24) is 20.6 Å². The van der Waals surface area contributed by atoms with Gasteiger partial charge in [0.05, 0.1) is 5.69 Å². The molecule has 0 bridgehead atoms. The van der Waals surface area contributed by atoms with Crippen molar-refractivity contribution in [2.24, 2.45) is 0 Å². The molecule has 0 saturated heterocycles. The molecule has 0 fully saturated rings. The average Bonchev–Trinajstić information content (AvgIpc) is 2.95. The number of benzene rings is 2. The minimum Gasteiger partial charge on any atom is -0.484 e. The summed E-state index contributed by atoms with van der Waals surface area (Å²) in [5, 5.41) is 6.33. The summed E-state index contributed by atoms with van der Waals surface area (Å²) in [5.41, 5.74) is 6.40. The van der Waals surface area contributed by atoms with Gasteiger partial charge in [-0.3, -0.25) is 25.1 Å². The third-order valence-electron chi connectivity index (χ3n) is 3.83. The second-order valence-electron chi connectivity index (χ2n) is 5.98. The highest BCUT2D eigenvalue weighted by atomic mass is 16.5. The van der Waals surface area contributed by atoms with Gasteiger partial charge < -0.3 is 4.74 Å². The predicted octanol–water partition coefficient (Wildman–Crippen LogP) is 1.88. The summed E-state index contributed by atoms with van der Waals surface area (Å²) in [6.07, 6.45) is 0. The minimum atomic E-state index is -0.445. The number of carbonyl (C=O) groups excluding carboxylic acids is 2. The first-order valence-corrected chi connectivity index (χ1v) is 8.21. The van der Waals surface area contributed by atoms with E-state index in [2.05, 4.69) is 16.0 Å². The molecule has 3 rings (SSSR count). The molecule has 0 atom stereocenters. The Labute approximate surface area is 150 Å². The van der Waals surface area contributed by atoms with Crippen molar-refractivity contribution in [3.05, 3.63) is 59.9 Å². The monoisotopic (exact) mass is 352 g/mol. The van der Waals surface area contributed by atoms with E-state index in [1.54, 1.807) is 10.7 Å². The SMILES string of the molecule is Cc1cc(C)n(CC(=O)NNC(=O)COc2ccc3ccccc3c2)n1. The highest BCUT2D eigenvalue weighted by molar-refractivity contribution is 5.84. The van der Waals surface area contributed by atoms with Crippen molar-refractivity contribution in [3.8, 4) is 5.75 Å². The third kappa shape index (κ3) is 4.38. The molecule has 2 aromatic carbocycles. The standard InChI is InChI=1S/C19H20N4O3/c1-13-9-14(2)23(22-13)11-18(24)20-21-19(25)12-26-17-8-7-15-5-3-4-6-16(15)10-17/h3-10H,11-12H2,1-2H3,(H,20,24)(H,21,25). The second kappa shape index (κ2) is 7.69. The van der Waals surface area contributed by atoms with E-state index in [-0.39, 0.29) is 19.1 Å². The molecule has 7 nitrogen and oxygen atoms in total. The lowest BCUT2D eigenvalue weighted by Gasteiger charge is -2.10. The fraction of sp³-hybridized carbons (Fsp3) is 0.211. The fourth-order valence-corrected chi connectivity index (χ4v) is 2.59. The number of ether oxygens (including phenoxy) is 1. The summed E-state index contributed by atoms with van der Waals surface area (Å²) < 4.78 is 7.04. The lowest BCUT2D eigenvalue weighted by atomic mass is 10.1. The summed E-state index contributed by atoms with van der Waals surface area (Å²) >= 11 is 0. The molecule has 1 heterocycles. The number of carbonyl (C=O) groups is 2. The Kier molecular flexibility index (Phi) is 5.17. The molecule has 2 amide bonds. The van der Waals surface area contributed by atoms with Crippen LogP contribution in [-0.2, 0) is 16.1 Å². The molecule has 1 aromatic heterocycles. The zero-order chi connectivity index (χ0) is 18.5. The van der Waals surface area contributed by atoms with E-state index in [1.165, 1.54) is 0 Å². The van der Waals surface area contributed by atoms with Gasteiger partial charge in [0.1, 0.15) is 12.3 Å². The summed E-state index contributed by atoms with van der Waals surface area (Å²) in [5.74, 6) is -0.219. The Morgan fingerprint density at radius 1 is 1.00 bits per heavy atom. The smallest absolute Gasteiger partial charge is 0.276 e. The number of amides is 2. The molecular formula is C19H20N4O3. The summed E-state index contributed by atoms with van der Waals surface area (Å²) in [7, 11) is 0. The van der Waals surface area contributed by atoms with E-state index in [4.69, 9.17) is 4.74 Å². The van der Waals surface area contributed by atoms with Crippen molar-refractivity contribution in [2.75, 3.05) is 6.61 Å². The van der Waals surface area contributed by atoms with Gasteiger partial charge in [0.2, 0.25) is 0 Å². The van der Waals surface area contributed by atoms with Crippen LogP contribution in [0.25, 0.3) is 10.8 Å². The van der Waals surface area contributed by atoms with E-state index < -0.39 is 5.91 Å². The van der Waals surface area contributed by atoms with Gasteiger partial charge in [-0.1, -0.05) is 30.3 Å². The van der Waals surface area contributed by atoms with Gasteiger partial charge in [-0.05, 0) is 42.8 Å². The number of nitrogens with one attached hydrogen (secondary N) is 2. The van der Waals surface area contributed by atoms with Gasteiger partial charge in [0.15, 0.2) is 6.61 Å². The van der Waals surface area contributed by atoms with E-state index >= 15 is 0 Å². The molecule has 0 aliphatic carbocycles. The quantitative estimate of drug-likeness (QED) is 0.687. The number of fused-ring (bicyclic) bond motifs is 1. The Morgan fingerprint density at radius 2 is 1.73 bits per heavy atom. The maximum atomic E-state index is 11.9. The van der Waals surface area contributed by atoms with Gasteiger partial charge in [-0.2, -0.15) is 5.10 Å². The average molecular weight is 352 g/mol. The maximum absolute atomic E-state index is 11.9. The molecule has 0 aliphatic rings. The molecule has 2 N–H and O–H groups in total. The highest BCUT2D eigenvalue weighted by Gasteiger charge is 2.09. The molecule has 0 spiro atoms. The first-order valence-electron chi connectivity index (χ1n) is 8.21. The first kappa shape index (κ1) is 17.5. The summed E-state index contributed by atoms with van der Waals surface area (Å²) in [4.78, 5) is 23.7. The van der Waals surface area contributed by atoms with Crippen molar-refractivity contribution in [3.63, 3.8) is 0 Å². The van der Waals surface area contributed by atoms with Gasteiger partial charge in [0.25, 0.3) is 11.8 Å². The van der Waals surface area contributed by atoms with Gasteiger partial charge >= 0.3 is 0 Å². The molecule has 0 saturated carbocycles. The molecule has 26 heavy (non-hydrogen) atoms. The molecular weight excluding hydrogens is 332 g/mol. The minimum absolute atomic E-state index is 0.0332. The van der Waals surface area contributed by atoms with Crippen LogP contribution in [0.3, 0.4) is 0 Å². The lowest BCUT2D eigenvalue weighted by Crippen LogP contribution is -2.45. The highest BCUT2D eigenvalue weighted by Crippen LogP contribution is 2.20. The Morgan fingerprint density at radius 3 is 2.46 bits per heavy atom.